The van der Waals surface area contributed by atoms with E-state index in [0.717, 1.165) is 31.3 Å². The average Bonchev–Trinajstić information content (AvgIpc) is 2.49. The second kappa shape index (κ2) is 9.02. The van der Waals surface area contributed by atoms with Crippen LogP contribution >= 0.6 is 0 Å². The van der Waals surface area contributed by atoms with E-state index in [-0.39, 0.29) is 0 Å². The largest absolute Gasteiger partial charge is 0.497 e. The monoisotopic (exact) mass is 293 g/mol. The van der Waals surface area contributed by atoms with E-state index in [4.69, 9.17) is 14.6 Å². The van der Waals surface area contributed by atoms with Gasteiger partial charge in [0.25, 0.3) is 0 Å². The summed E-state index contributed by atoms with van der Waals surface area (Å²) in [7, 11) is 1.59. The Morgan fingerprint density at radius 1 is 1.33 bits per heavy atom. The SMILES string of the molecule is CCN(CC)CCOc1cc(OC)ccc1C=CC(=O)O. The molecule has 0 aromatic heterocycles. The maximum Gasteiger partial charge on any atom is 0.328 e. The molecule has 0 atom stereocenters. The first-order valence-electron chi connectivity index (χ1n) is 7.04. The fourth-order valence-corrected chi connectivity index (χ4v) is 1.89. The molecule has 0 aliphatic heterocycles. The van der Waals surface area contributed by atoms with E-state index in [9.17, 15) is 4.79 Å². The molecule has 0 fully saturated rings. The molecule has 1 rings (SSSR count). The predicted molar refractivity (Wildman–Crippen MR) is 82.9 cm³/mol. The molecule has 1 aromatic carbocycles. The number of methoxy groups -OCH3 is 1. The Kier molecular flexibility index (Phi) is 7.32. The van der Waals surface area contributed by atoms with Gasteiger partial charge in [0.1, 0.15) is 18.1 Å². The molecule has 5 nitrogen and oxygen atoms in total. The maximum absolute atomic E-state index is 10.6. The van der Waals surface area contributed by atoms with Gasteiger partial charge < -0.3 is 19.5 Å². The number of carbonyl (C=O) groups is 1. The fourth-order valence-electron chi connectivity index (χ4n) is 1.89. The molecular formula is C16H23NO4. The summed E-state index contributed by atoms with van der Waals surface area (Å²) >= 11 is 0. The van der Waals surface area contributed by atoms with Crippen molar-refractivity contribution < 1.29 is 19.4 Å². The summed E-state index contributed by atoms with van der Waals surface area (Å²) in [6.07, 6.45) is 2.62. The number of ether oxygens (including phenoxy) is 2. The minimum atomic E-state index is -0.986. The average molecular weight is 293 g/mol. The van der Waals surface area contributed by atoms with E-state index in [1.807, 2.05) is 0 Å². The van der Waals surface area contributed by atoms with E-state index in [1.54, 1.807) is 25.3 Å². The maximum atomic E-state index is 10.6. The van der Waals surface area contributed by atoms with Crippen LogP contribution in [0.3, 0.4) is 0 Å². The van der Waals surface area contributed by atoms with Crippen molar-refractivity contribution in [3.05, 3.63) is 29.8 Å². The van der Waals surface area contributed by atoms with Crippen LogP contribution in [0, 0.1) is 0 Å². The summed E-state index contributed by atoms with van der Waals surface area (Å²) in [6.45, 7) is 7.54. The van der Waals surface area contributed by atoms with Crippen LogP contribution in [0.4, 0.5) is 0 Å². The number of carboxylic acids is 1. The summed E-state index contributed by atoms with van der Waals surface area (Å²) in [6, 6.07) is 5.33. The van der Waals surface area contributed by atoms with Crippen molar-refractivity contribution in [2.24, 2.45) is 0 Å². The summed E-state index contributed by atoms with van der Waals surface area (Å²) in [5.41, 5.74) is 0.720. The quantitative estimate of drug-likeness (QED) is 0.709. The third-order valence-electron chi connectivity index (χ3n) is 3.19. The first-order valence-corrected chi connectivity index (χ1v) is 7.04. The second-order valence-corrected chi connectivity index (χ2v) is 4.45. The van der Waals surface area contributed by atoms with E-state index in [0.29, 0.717) is 18.1 Å². The lowest BCUT2D eigenvalue weighted by molar-refractivity contribution is -0.131. The van der Waals surface area contributed by atoms with Crippen molar-refractivity contribution in [3.63, 3.8) is 0 Å². The van der Waals surface area contributed by atoms with Gasteiger partial charge in [-0.3, -0.25) is 0 Å². The highest BCUT2D eigenvalue weighted by molar-refractivity contribution is 5.86. The van der Waals surface area contributed by atoms with Crippen LogP contribution in [0.2, 0.25) is 0 Å². The smallest absolute Gasteiger partial charge is 0.328 e. The molecule has 116 valence electrons. The Hall–Kier alpha value is -2.01. The zero-order valence-electron chi connectivity index (χ0n) is 12.8. The van der Waals surface area contributed by atoms with Gasteiger partial charge in [0.05, 0.1) is 7.11 Å². The van der Waals surface area contributed by atoms with Crippen molar-refractivity contribution in [2.45, 2.75) is 13.8 Å². The Morgan fingerprint density at radius 2 is 2.05 bits per heavy atom. The van der Waals surface area contributed by atoms with Crippen molar-refractivity contribution in [2.75, 3.05) is 33.4 Å². The molecule has 0 spiro atoms. The predicted octanol–water partition coefficient (Wildman–Crippen LogP) is 2.51. The molecule has 5 heteroatoms. The van der Waals surface area contributed by atoms with Gasteiger partial charge in [-0.15, -0.1) is 0 Å². The van der Waals surface area contributed by atoms with Crippen LogP contribution in [0.15, 0.2) is 24.3 Å². The highest BCUT2D eigenvalue weighted by Crippen LogP contribution is 2.26. The summed E-state index contributed by atoms with van der Waals surface area (Å²) in [4.78, 5) is 12.9. The van der Waals surface area contributed by atoms with Crippen molar-refractivity contribution in [3.8, 4) is 11.5 Å². The third-order valence-corrected chi connectivity index (χ3v) is 3.19. The van der Waals surface area contributed by atoms with Gasteiger partial charge in [-0.05, 0) is 31.3 Å². The van der Waals surface area contributed by atoms with Crippen molar-refractivity contribution in [1.29, 1.82) is 0 Å². The van der Waals surface area contributed by atoms with E-state index in [1.165, 1.54) is 6.08 Å². The Balaban J connectivity index is 2.79. The highest BCUT2D eigenvalue weighted by Gasteiger charge is 2.06. The van der Waals surface area contributed by atoms with Gasteiger partial charge >= 0.3 is 5.97 Å². The van der Waals surface area contributed by atoms with Crippen molar-refractivity contribution >= 4 is 12.0 Å². The van der Waals surface area contributed by atoms with E-state index >= 15 is 0 Å². The lowest BCUT2D eigenvalue weighted by Gasteiger charge is -2.18. The minimum absolute atomic E-state index is 0.544. The number of hydrogen-bond acceptors (Lipinski definition) is 4. The van der Waals surface area contributed by atoms with Crippen LogP contribution in [0.1, 0.15) is 19.4 Å². The number of likely N-dealkylation sites (N-methyl/N-ethyl adjacent to an activating group) is 1. The molecule has 0 radical (unpaired) electrons. The molecule has 0 saturated heterocycles. The zero-order valence-corrected chi connectivity index (χ0v) is 12.8. The third kappa shape index (κ3) is 5.87. The van der Waals surface area contributed by atoms with E-state index in [2.05, 4.69) is 18.7 Å². The number of nitrogens with zero attached hydrogens (tertiary/aromatic N) is 1. The zero-order chi connectivity index (χ0) is 15.7. The number of benzene rings is 1. The number of rotatable bonds is 9. The van der Waals surface area contributed by atoms with Crippen LogP contribution in [-0.4, -0.2) is 49.3 Å². The minimum Gasteiger partial charge on any atom is -0.497 e. The van der Waals surface area contributed by atoms with Gasteiger partial charge in [-0.1, -0.05) is 13.8 Å². The van der Waals surface area contributed by atoms with Gasteiger partial charge in [-0.2, -0.15) is 0 Å². The second-order valence-electron chi connectivity index (χ2n) is 4.45. The molecule has 0 saturated carbocycles. The molecular weight excluding hydrogens is 270 g/mol. The topological polar surface area (TPSA) is 59.0 Å². The normalized spacial score (nSPS) is 11.0. The first kappa shape index (κ1) is 17.0. The number of aliphatic carboxylic acids is 1. The van der Waals surface area contributed by atoms with Crippen LogP contribution in [-0.2, 0) is 4.79 Å². The fraction of sp³-hybridized carbons (Fsp3) is 0.438. The lowest BCUT2D eigenvalue weighted by Crippen LogP contribution is -2.28. The molecule has 1 N–H and O–H groups in total. The van der Waals surface area contributed by atoms with Gasteiger partial charge in [0.15, 0.2) is 0 Å². The van der Waals surface area contributed by atoms with Crippen molar-refractivity contribution in [1.82, 2.24) is 4.90 Å². The van der Waals surface area contributed by atoms with Gasteiger partial charge in [0.2, 0.25) is 0 Å². The summed E-state index contributed by atoms with van der Waals surface area (Å²) in [5, 5.41) is 8.72. The Morgan fingerprint density at radius 3 is 2.62 bits per heavy atom. The van der Waals surface area contributed by atoms with Gasteiger partial charge in [-0.25, -0.2) is 4.79 Å². The highest BCUT2D eigenvalue weighted by atomic mass is 16.5. The number of carboxylic acid groups (broad SMARTS) is 1. The lowest BCUT2D eigenvalue weighted by atomic mass is 10.1. The first-order chi connectivity index (χ1) is 10.1. The summed E-state index contributed by atoms with van der Waals surface area (Å²) < 4.78 is 11.0. The van der Waals surface area contributed by atoms with Crippen LogP contribution in [0.25, 0.3) is 6.08 Å². The molecule has 21 heavy (non-hydrogen) atoms. The molecule has 1 aromatic rings. The molecule has 0 aliphatic rings. The van der Waals surface area contributed by atoms with Crippen LogP contribution in [0.5, 0.6) is 11.5 Å². The summed E-state index contributed by atoms with van der Waals surface area (Å²) in [5.74, 6) is 0.319. The Labute approximate surface area is 125 Å². The molecule has 0 amide bonds. The van der Waals surface area contributed by atoms with E-state index < -0.39 is 5.97 Å². The standard InChI is InChI=1S/C16H23NO4/c1-4-17(5-2)10-11-21-15-12-14(20-3)8-6-13(15)7-9-16(18)19/h6-9,12H,4-5,10-11H2,1-3H3,(H,18,19). The van der Waals surface area contributed by atoms with Gasteiger partial charge in [0, 0.05) is 24.3 Å². The molecule has 0 unspecified atom stereocenters. The molecule has 0 heterocycles. The number of hydrogen-bond donors (Lipinski definition) is 1. The van der Waals surface area contributed by atoms with Crippen LogP contribution < -0.4 is 9.47 Å². The molecule has 0 bridgehead atoms. The Bertz CT molecular complexity index is 481. The molecule has 0 aliphatic carbocycles.